The Morgan fingerprint density at radius 3 is 2.61 bits per heavy atom. The normalized spacial score (nSPS) is 14.6. The Morgan fingerprint density at radius 1 is 1.21 bits per heavy atom. The maximum absolute atomic E-state index is 12.7. The van der Waals surface area contributed by atoms with Gasteiger partial charge in [-0.2, -0.15) is 0 Å². The molecule has 0 bridgehead atoms. The van der Waals surface area contributed by atoms with Gasteiger partial charge >= 0.3 is 0 Å². The molecule has 7 nitrogen and oxygen atoms in total. The van der Waals surface area contributed by atoms with Crippen LogP contribution in [0.1, 0.15) is 15.9 Å². The minimum Gasteiger partial charge on any atom is -0.495 e. The van der Waals surface area contributed by atoms with Gasteiger partial charge in [-0.15, -0.1) is 0 Å². The first-order valence-electron chi connectivity index (χ1n) is 8.66. The first-order valence-corrected chi connectivity index (χ1v) is 10.5. The van der Waals surface area contributed by atoms with E-state index in [-0.39, 0.29) is 10.5 Å². The number of sulfonamides is 1. The SMILES string of the molecule is COc1ccc(C(=O)NS(=O)(=O)c2cccc(Cl)c2C)cc1N1CCOCC1. The van der Waals surface area contributed by atoms with E-state index in [4.69, 9.17) is 21.1 Å². The molecule has 1 heterocycles. The van der Waals surface area contributed by atoms with Crippen LogP contribution in [0.4, 0.5) is 5.69 Å². The Hall–Kier alpha value is -2.29. The summed E-state index contributed by atoms with van der Waals surface area (Å²) in [4.78, 5) is 14.7. The molecule has 0 atom stereocenters. The Morgan fingerprint density at radius 2 is 1.93 bits per heavy atom. The smallest absolute Gasteiger partial charge is 0.265 e. The lowest BCUT2D eigenvalue weighted by molar-refractivity contribution is 0.0981. The maximum Gasteiger partial charge on any atom is 0.265 e. The fraction of sp³-hybridized carbons (Fsp3) is 0.316. The largest absolute Gasteiger partial charge is 0.495 e. The van der Waals surface area contributed by atoms with E-state index in [1.807, 2.05) is 4.90 Å². The summed E-state index contributed by atoms with van der Waals surface area (Å²) >= 11 is 6.01. The highest BCUT2D eigenvalue weighted by atomic mass is 35.5. The number of ether oxygens (including phenoxy) is 2. The number of hydrogen-bond acceptors (Lipinski definition) is 6. The zero-order valence-corrected chi connectivity index (χ0v) is 17.1. The van der Waals surface area contributed by atoms with Gasteiger partial charge in [-0.25, -0.2) is 13.1 Å². The van der Waals surface area contributed by atoms with Crippen molar-refractivity contribution in [3.8, 4) is 5.75 Å². The van der Waals surface area contributed by atoms with Gasteiger partial charge in [-0.3, -0.25) is 4.79 Å². The standard InChI is InChI=1S/C19H21ClN2O5S/c1-13-15(20)4-3-5-18(13)28(24,25)21-19(23)14-6-7-17(26-2)16(12-14)22-8-10-27-11-9-22/h3-7,12H,8-11H2,1-2H3,(H,21,23). The second-order valence-electron chi connectivity index (χ2n) is 6.28. The molecule has 0 spiro atoms. The maximum atomic E-state index is 12.7. The van der Waals surface area contributed by atoms with Crippen molar-refractivity contribution in [3.63, 3.8) is 0 Å². The van der Waals surface area contributed by atoms with Gasteiger partial charge in [0.05, 0.1) is 30.9 Å². The van der Waals surface area contributed by atoms with Gasteiger partial charge in [-0.05, 0) is 42.8 Å². The molecule has 0 saturated carbocycles. The zero-order valence-electron chi connectivity index (χ0n) is 15.6. The van der Waals surface area contributed by atoms with Gasteiger partial charge < -0.3 is 14.4 Å². The Labute approximate surface area is 169 Å². The molecule has 1 aliphatic heterocycles. The van der Waals surface area contributed by atoms with Crippen molar-refractivity contribution in [3.05, 3.63) is 52.5 Å². The van der Waals surface area contributed by atoms with Crippen molar-refractivity contribution in [2.45, 2.75) is 11.8 Å². The molecule has 2 aromatic carbocycles. The number of amides is 1. The summed E-state index contributed by atoms with van der Waals surface area (Å²) in [5, 5.41) is 0.314. The average Bonchev–Trinajstić information content (AvgIpc) is 2.69. The summed E-state index contributed by atoms with van der Waals surface area (Å²) in [7, 11) is -2.52. The van der Waals surface area contributed by atoms with Gasteiger partial charge in [0.15, 0.2) is 0 Å². The lowest BCUT2D eigenvalue weighted by Gasteiger charge is -2.30. The van der Waals surface area contributed by atoms with E-state index >= 15 is 0 Å². The van der Waals surface area contributed by atoms with Crippen molar-refractivity contribution < 1.29 is 22.7 Å². The second kappa shape index (κ2) is 8.38. The molecule has 0 aromatic heterocycles. The molecular weight excluding hydrogens is 404 g/mol. The zero-order chi connectivity index (χ0) is 20.3. The molecule has 9 heteroatoms. The van der Waals surface area contributed by atoms with Crippen LogP contribution in [0.3, 0.4) is 0 Å². The monoisotopic (exact) mass is 424 g/mol. The number of nitrogens with one attached hydrogen (secondary N) is 1. The summed E-state index contributed by atoms with van der Waals surface area (Å²) in [5.74, 6) is -0.122. The van der Waals surface area contributed by atoms with E-state index in [0.29, 0.717) is 42.6 Å². The molecule has 0 aliphatic carbocycles. The Bertz CT molecular complexity index is 988. The third-order valence-corrected chi connectivity index (χ3v) is 6.41. The molecule has 3 rings (SSSR count). The van der Waals surface area contributed by atoms with Crippen molar-refractivity contribution in [2.24, 2.45) is 0 Å². The highest BCUT2D eigenvalue weighted by molar-refractivity contribution is 7.90. The van der Waals surface area contributed by atoms with Crippen molar-refractivity contribution in [1.29, 1.82) is 0 Å². The van der Waals surface area contributed by atoms with Crippen LogP contribution < -0.4 is 14.4 Å². The van der Waals surface area contributed by atoms with E-state index in [1.54, 1.807) is 32.2 Å². The minimum atomic E-state index is -4.06. The molecule has 0 unspecified atom stereocenters. The number of methoxy groups -OCH3 is 1. The predicted molar refractivity (Wildman–Crippen MR) is 107 cm³/mol. The topological polar surface area (TPSA) is 84.9 Å². The number of benzene rings is 2. The van der Waals surface area contributed by atoms with Crippen LogP contribution in [0, 0.1) is 6.92 Å². The van der Waals surface area contributed by atoms with Gasteiger partial charge in [0, 0.05) is 23.7 Å². The van der Waals surface area contributed by atoms with Crippen molar-refractivity contribution in [1.82, 2.24) is 4.72 Å². The highest BCUT2D eigenvalue weighted by Gasteiger charge is 2.23. The van der Waals surface area contributed by atoms with E-state index in [1.165, 1.54) is 18.2 Å². The Balaban J connectivity index is 1.89. The number of carbonyl (C=O) groups is 1. The molecule has 2 aromatic rings. The molecule has 1 saturated heterocycles. The fourth-order valence-corrected chi connectivity index (χ4v) is 4.47. The third kappa shape index (κ3) is 4.24. The summed E-state index contributed by atoms with van der Waals surface area (Å²) < 4.78 is 38.2. The summed E-state index contributed by atoms with van der Waals surface area (Å²) in [6.45, 7) is 4.04. The van der Waals surface area contributed by atoms with Gasteiger partial charge in [0.2, 0.25) is 0 Å². The quantitative estimate of drug-likeness (QED) is 0.794. The molecule has 1 amide bonds. The van der Waals surface area contributed by atoms with Crippen LogP contribution >= 0.6 is 11.6 Å². The van der Waals surface area contributed by atoms with Gasteiger partial charge in [0.1, 0.15) is 5.75 Å². The fourth-order valence-electron chi connectivity index (χ4n) is 3.00. The number of nitrogens with zero attached hydrogens (tertiary/aromatic N) is 1. The lowest BCUT2D eigenvalue weighted by Crippen LogP contribution is -2.37. The molecule has 0 radical (unpaired) electrons. The molecule has 28 heavy (non-hydrogen) atoms. The number of morpholine rings is 1. The molecule has 1 N–H and O–H groups in total. The summed E-state index contributed by atoms with van der Waals surface area (Å²) in [5.41, 5.74) is 1.31. The number of anilines is 1. The van der Waals surface area contributed by atoms with Crippen LogP contribution in [0.25, 0.3) is 0 Å². The van der Waals surface area contributed by atoms with E-state index in [0.717, 1.165) is 5.69 Å². The van der Waals surface area contributed by atoms with E-state index < -0.39 is 15.9 Å². The number of hydrogen-bond donors (Lipinski definition) is 1. The van der Waals surface area contributed by atoms with Crippen LogP contribution in [0.5, 0.6) is 5.75 Å². The molecular formula is C19H21ClN2O5S. The number of carbonyl (C=O) groups excluding carboxylic acids is 1. The molecule has 1 aliphatic rings. The third-order valence-electron chi connectivity index (χ3n) is 4.53. The average molecular weight is 425 g/mol. The van der Waals surface area contributed by atoms with Crippen LogP contribution in [0.15, 0.2) is 41.3 Å². The van der Waals surface area contributed by atoms with E-state index in [9.17, 15) is 13.2 Å². The van der Waals surface area contributed by atoms with Gasteiger partial charge in [-0.1, -0.05) is 17.7 Å². The van der Waals surface area contributed by atoms with Crippen molar-refractivity contribution in [2.75, 3.05) is 38.3 Å². The second-order valence-corrected chi connectivity index (χ2v) is 8.34. The Kier molecular flexibility index (Phi) is 6.12. The highest BCUT2D eigenvalue weighted by Crippen LogP contribution is 2.30. The predicted octanol–water partition coefficient (Wildman–Crippen LogP) is 2.61. The van der Waals surface area contributed by atoms with Crippen LogP contribution in [0.2, 0.25) is 5.02 Å². The summed E-state index contributed by atoms with van der Waals surface area (Å²) in [6.07, 6.45) is 0. The van der Waals surface area contributed by atoms with Gasteiger partial charge in [0.25, 0.3) is 15.9 Å². The minimum absolute atomic E-state index is 0.0322. The number of rotatable bonds is 5. The van der Waals surface area contributed by atoms with Crippen LogP contribution in [-0.2, 0) is 14.8 Å². The van der Waals surface area contributed by atoms with Crippen molar-refractivity contribution >= 4 is 33.2 Å². The first-order chi connectivity index (χ1) is 13.3. The molecule has 1 fully saturated rings. The first kappa shape index (κ1) is 20.4. The van der Waals surface area contributed by atoms with E-state index in [2.05, 4.69) is 4.72 Å². The van der Waals surface area contributed by atoms with Crippen LogP contribution in [-0.4, -0.2) is 47.7 Å². The number of halogens is 1. The lowest BCUT2D eigenvalue weighted by atomic mass is 10.1. The molecule has 150 valence electrons. The summed E-state index contributed by atoms with van der Waals surface area (Å²) in [6, 6.07) is 9.33.